The standard InChI is InChI=1S/C32H39FN6O3/c1-28(2,3)27-36-26(38-42-27)31-10-7-29(8-11-31,9-12-31)19-39(23(40)15-30-16-32(33,17-30)18-30)22-14-21(6-13-34-22)25-35-24(37-41-25)20-4-5-20/h6,13-14,20H,4-5,7-12,15-19H2,1-3H3. The molecule has 42 heavy (non-hydrogen) atoms. The van der Waals surface area contributed by atoms with Gasteiger partial charge in [0, 0.05) is 41.5 Å². The number of aromatic nitrogens is 5. The monoisotopic (exact) mass is 574 g/mol. The largest absolute Gasteiger partial charge is 0.339 e. The third-order valence-electron chi connectivity index (χ3n) is 11.0. The molecule has 3 aromatic heterocycles. The number of rotatable bonds is 8. The van der Waals surface area contributed by atoms with Crippen LogP contribution in [0.5, 0.6) is 0 Å². The fourth-order valence-corrected chi connectivity index (χ4v) is 8.23. The van der Waals surface area contributed by atoms with Crippen LogP contribution in [0.1, 0.15) is 121 Å². The van der Waals surface area contributed by atoms with Crippen molar-refractivity contribution in [3.8, 4) is 11.5 Å². The zero-order valence-electron chi connectivity index (χ0n) is 24.8. The molecule has 7 aliphatic carbocycles. The number of nitrogens with zero attached hydrogens (tertiary/aromatic N) is 6. The van der Waals surface area contributed by atoms with Gasteiger partial charge < -0.3 is 9.05 Å². The van der Waals surface area contributed by atoms with Gasteiger partial charge in [0.05, 0.1) is 0 Å². The maximum atomic E-state index is 14.4. The van der Waals surface area contributed by atoms with Crippen molar-refractivity contribution in [2.75, 3.05) is 11.4 Å². The first-order chi connectivity index (χ1) is 20.0. The molecular formula is C32H39FN6O3. The lowest BCUT2D eigenvalue weighted by atomic mass is 9.41. The van der Waals surface area contributed by atoms with Gasteiger partial charge in [0.1, 0.15) is 11.5 Å². The third-order valence-corrected chi connectivity index (χ3v) is 11.0. The highest BCUT2D eigenvalue weighted by Gasteiger charge is 2.69. The van der Waals surface area contributed by atoms with E-state index in [-0.39, 0.29) is 27.6 Å². The molecule has 7 aliphatic rings. The lowest BCUT2D eigenvalue weighted by Crippen LogP contribution is -2.65. The van der Waals surface area contributed by atoms with E-state index >= 15 is 0 Å². The molecule has 7 saturated carbocycles. The van der Waals surface area contributed by atoms with Crippen LogP contribution in [0, 0.1) is 10.8 Å². The van der Waals surface area contributed by atoms with Crippen molar-refractivity contribution < 1.29 is 18.2 Å². The Bertz CT molecular complexity index is 1510. The molecule has 0 atom stereocenters. The Morgan fingerprint density at radius 2 is 1.71 bits per heavy atom. The molecule has 3 aromatic rings. The number of alkyl halides is 1. The molecule has 0 unspecified atom stereocenters. The molecule has 10 rings (SSSR count). The second-order valence-electron chi connectivity index (χ2n) is 15.4. The number of pyridine rings is 1. The Morgan fingerprint density at radius 3 is 2.33 bits per heavy atom. The number of fused-ring (bicyclic) bond motifs is 3. The average molecular weight is 575 g/mol. The van der Waals surface area contributed by atoms with E-state index in [1.165, 1.54) is 0 Å². The summed E-state index contributed by atoms with van der Waals surface area (Å²) in [6.07, 6.45) is 11.7. The third kappa shape index (κ3) is 4.30. The van der Waals surface area contributed by atoms with Crippen LogP contribution in [0.25, 0.3) is 11.5 Å². The Hall–Kier alpha value is -3.17. The quantitative estimate of drug-likeness (QED) is 0.296. The first-order valence-electron chi connectivity index (χ1n) is 15.6. The smallest absolute Gasteiger partial charge is 0.258 e. The van der Waals surface area contributed by atoms with Crippen LogP contribution in [-0.2, 0) is 15.6 Å². The number of halogens is 1. The second-order valence-corrected chi connectivity index (χ2v) is 15.4. The second kappa shape index (κ2) is 8.69. The van der Waals surface area contributed by atoms with Crippen LogP contribution >= 0.6 is 0 Å². The summed E-state index contributed by atoms with van der Waals surface area (Å²) in [6, 6.07) is 3.76. The predicted molar refractivity (Wildman–Crippen MR) is 151 cm³/mol. The Labute approximate surface area is 245 Å². The number of carbonyl (C=O) groups is 1. The SMILES string of the molecule is CC(C)(C)c1nc(C23CCC(CN(C(=O)CC45CC(F)(C4)C5)c4cc(-c5nc(C6CC6)no5)ccn4)(CC2)CC3)no1. The highest BCUT2D eigenvalue weighted by molar-refractivity contribution is 5.93. The minimum absolute atomic E-state index is 0.00391. The molecular weight excluding hydrogens is 535 g/mol. The summed E-state index contributed by atoms with van der Waals surface area (Å²) in [5.41, 5.74) is -0.683. The van der Waals surface area contributed by atoms with E-state index in [1.54, 1.807) is 6.20 Å². The van der Waals surface area contributed by atoms with Gasteiger partial charge in [-0.2, -0.15) is 9.97 Å². The molecule has 0 spiro atoms. The van der Waals surface area contributed by atoms with Gasteiger partial charge in [0.25, 0.3) is 5.89 Å². The minimum Gasteiger partial charge on any atom is -0.339 e. The molecule has 9 nitrogen and oxygen atoms in total. The van der Waals surface area contributed by atoms with E-state index in [9.17, 15) is 9.18 Å². The van der Waals surface area contributed by atoms with Crippen LogP contribution in [-0.4, -0.2) is 43.4 Å². The van der Waals surface area contributed by atoms with E-state index < -0.39 is 5.67 Å². The van der Waals surface area contributed by atoms with E-state index in [4.69, 9.17) is 14.0 Å². The van der Waals surface area contributed by atoms with Crippen molar-refractivity contribution in [3.05, 3.63) is 35.9 Å². The minimum atomic E-state index is -1.03. The van der Waals surface area contributed by atoms with Gasteiger partial charge in [-0.05, 0) is 93.6 Å². The van der Waals surface area contributed by atoms with Gasteiger partial charge in [0.15, 0.2) is 11.6 Å². The molecule has 0 aliphatic heterocycles. The van der Waals surface area contributed by atoms with Crippen molar-refractivity contribution in [3.63, 3.8) is 0 Å². The van der Waals surface area contributed by atoms with Gasteiger partial charge in [-0.15, -0.1) is 0 Å². The van der Waals surface area contributed by atoms with Gasteiger partial charge in [-0.25, -0.2) is 9.37 Å². The molecule has 0 aromatic carbocycles. The molecule has 7 fully saturated rings. The van der Waals surface area contributed by atoms with Gasteiger partial charge in [0.2, 0.25) is 11.8 Å². The van der Waals surface area contributed by atoms with Crippen LogP contribution in [0.3, 0.4) is 0 Å². The summed E-state index contributed by atoms with van der Waals surface area (Å²) in [4.78, 5) is 30.1. The Kier molecular flexibility index (Phi) is 5.48. The van der Waals surface area contributed by atoms with Crippen LogP contribution in [0.4, 0.5) is 10.2 Å². The summed E-state index contributed by atoms with van der Waals surface area (Å²) in [5, 5.41) is 8.62. The summed E-state index contributed by atoms with van der Waals surface area (Å²) in [6.45, 7) is 6.88. The molecule has 10 heteroatoms. The fraction of sp³-hybridized carbons (Fsp3) is 0.688. The first kappa shape index (κ1) is 26.5. The summed E-state index contributed by atoms with van der Waals surface area (Å²) >= 11 is 0. The van der Waals surface area contributed by atoms with Gasteiger partial charge in [-0.3, -0.25) is 9.69 Å². The van der Waals surface area contributed by atoms with Crippen LogP contribution < -0.4 is 4.90 Å². The Balaban J connectivity index is 1.05. The summed E-state index contributed by atoms with van der Waals surface area (Å²) in [7, 11) is 0. The maximum absolute atomic E-state index is 14.4. The lowest BCUT2D eigenvalue weighted by Gasteiger charge is -2.66. The highest BCUT2D eigenvalue weighted by Crippen LogP contribution is 2.71. The predicted octanol–water partition coefficient (Wildman–Crippen LogP) is 6.60. The summed E-state index contributed by atoms with van der Waals surface area (Å²) in [5.74, 6) is 3.78. The van der Waals surface area contributed by atoms with Crippen molar-refractivity contribution in [1.29, 1.82) is 0 Å². The zero-order chi connectivity index (χ0) is 29.0. The number of carbonyl (C=O) groups excluding carboxylic acids is 1. The maximum Gasteiger partial charge on any atom is 0.258 e. The lowest BCUT2D eigenvalue weighted by molar-refractivity contribution is -0.215. The van der Waals surface area contributed by atoms with Crippen molar-refractivity contribution in [1.82, 2.24) is 25.3 Å². The summed E-state index contributed by atoms with van der Waals surface area (Å²) < 4.78 is 25.6. The number of anilines is 1. The van der Waals surface area contributed by atoms with Crippen LogP contribution in [0.2, 0.25) is 0 Å². The molecule has 0 N–H and O–H groups in total. The van der Waals surface area contributed by atoms with E-state index in [1.807, 2.05) is 17.0 Å². The molecule has 0 radical (unpaired) electrons. The topological polar surface area (TPSA) is 111 Å². The molecule has 0 saturated heterocycles. The van der Waals surface area contributed by atoms with E-state index in [2.05, 4.69) is 41.1 Å². The molecule has 1 amide bonds. The molecule has 3 heterocycles. The van der Waals surface area contributed by atoms with Crippen LogP contribution in [0.15, 0.2) is 27.4 Å². The fourth-order valence-electron chi connectivity index (χ4n) is 8.23. The molecule has 222 valence electrons. The molecule has 4 bridgehead atoms. The van der Waals surface area contributed by atoms with Crippen molar-refractivity contribution in [2.45, 2.75) is 120 Å². The number of hydrogen-bond donors (Lipinski definition) is 0. The number of amides is 1. The van der Waals surface area contributed by atoms with Crippen molar-refractivity contribution in [2.24, 2.45) is 10.8 Å². The average Bonchev–Trinajstić information content (AvgIpc) is 3.43. The van der Waals surface area contributed by atoms with Gasteiger partial charge in [-0.1, -0.05) is 31.1 Å². The van der Waals surface area contributed by atoms with E-state index in [0.29, 0.717) is 55.7 Å². The highest BCUT2D eigenvalue weighted by atomic mass is 19.1. The Morgan fingerprint density at radius 1 is 1.00 bits per heavy atom. The normalized spacial score (nSPS) is 33.2. The van der Waals surface area contributed by atoms with Gasteiger partial charge >= 0.3 is 0 Å². The zero-order valence-corrected chi connectivity index (χ0v) is 24.8. The van der Waals surface area contributed by atoms with E-state index in [0.717, 1.165) is 68.6 Å². The first-order valence-corrected chi connectivity index (χ1v) is 15.6. The van der Waals surface area contributed by atoms with Crippen molar-refractivity contribution >= 4 is 11.7 Å². The number of hydrogen-bond acceptors (Lipinski definition) is 8.